The number of nitrogen functional groups attached to an aromatic ring is 1. The molecular formula is C40H54N14O7S. The number of nitrogens with two attached hydrogens (primary N) is 1. The molecule has 21 nitrogen and oxygen atoms in total. The molecule has 8 rings (SSSR count). The predicted octanol–water partition coefficient (Wildman–Crippen LogP) is 1.97. The number of hydrogen-bond donors (Lipinski definition) is 7. The van der Waals surface area contributed by atoms with Gasteiger partial charge in [0.25, 0.3) is 0 Å². The number of nitrogens with one attached hydrogen (secondary N) is 4. The van der Waals surface area contributed by atoms with Gasteiger partial charge in [-0.15, -0.1) is 0 Å². The van der Waals surface area contributed by atoms with Crippen molar-refractivity contribution in [2.45, 2.75) is 80.5 Å². The lowest BCUT2D eigenvalue weighted by molar-refractivity contribution is -0.0328. The number of methoxy groups -OCH3 is 1. The normalized spacial score (nSPS) is 22.9. The predicted molar refractivity (Wildman–Crippen MR) is 233 cm³/mol. The van der Waals surface area contributed by atoms with E-state index in [1.54, 1.807) is 30.1 Å². The van der Waals surface area contributed by atoms with Crippen LogP contribution in [0.25, 0.3) is 33.1 Å². The monoisotopic (exact) mass is 874 g/mol. The zero-order valence-electron chi connectivity index (χ0n) is 35.0. The highest BCUT2D eigenvalue weighted by molar-refractivity contribution is 7.89. The Morgan fingerprint density at radius 3 is 2.45 bits per heavy atom. The maximum Gasteiger partial charge on any atom is 0.241 e. The zero-order valence-corrected chi connectivity index (χ0v) is 35.9. The lowest BCUT2D eigenvalue weighted by Crippen LogP contribution is -2.39. The van der Waals surface area contributed by atoms with Crippen LogP contribution in [0.1, 0.15) is 45.1 Å². The van der Waals surface area contributed by atoms with Crippen LogP contribution in [0.15, 0.2) is 60.3 Å². The van der Waals surface area contributed by atoms with Crippen LogP contribution in [-0.4, -0.2) is 142 Å². The van der Waals surface area contributed by atoms with Gasteiger partial charge in [-0.1, -0.05) is 31.2 Å². The van der Waals surface area contributed by atoms with Crippen LogP contribution >= 0.6 is 0 Å². The van der Waals surface area contributed by atoms with Crippen LogP contribution in [0, 0.1) is 0 Å². The van der Waals surface area contributed by atoms with E-state index in [2.05, 4.69) is 57.5 Å². The smallest absolute Gasteiger partial charge is 0.241 e. The Morgan fingerprint density at radius 1 is 0.887 bits per heavy atom. The first-order chi connectivity index (χ1) is 30.0. The third-order valence-electron chi connectivity index (χ3n) is 11.4. The number of unbranched alkanes of at least 4 members (excludes halogenated alkanes) is 1. The van der Waals surface area contributed by atoms with E-state index in [-0.39, 0.29) is 42.2 Å². The summed E-state index contributed by atoms with van der Waals surface area (Å²) in [5.74, 6) is 1.02. The fraction of sp³-hybridized carbons (Fsp3) is 0.500. The van der Waals surface area contributed by atoms with Crippen molar-refractivity contribution in [3.05, 3.63) is 55.4 Å². The molecule has 332 valence electrons. The van der Waals surface area contributed by atoms with Crippen LogP contribution in [0.5, 0.6) is 0 Å². The summed E-state index contributed by atoms with van der Waals surface area (Å²) in [6, 6.07) is 10.9. The first-order valence-electron chi connectivity index (χ1n) is 20.7. The van der Waals surface area contributed by atoms with E-state index < -0.39 is 34.6 Å². The summed E-state index contributed by atoms with van der Waals surface area (Å²) in [6.07, 6.45) is 2.47. The number of imidazole rings is 2. The lowest BCUT2D eigenvalue weighted by atomic mass is 10.1. The molecule has 7 unspecified atom stereocenters. The fourth-order valence-corrected chi connectivity index (χ4v) is 9.51. The summed E-state index contributed by atoms with van der Waals surface area (Å²) in [5, 5.41) is 33.8. The molecule has 2 aromatic carbocycles. The summed E-state index contributed by atoms with van der Waals surface area (Å²) < 4.78 is 51.1. The van der Waals surface area contributed by atoms with Crippen molar-refractivity contribution in [2.75, 3.05) is 75.2 Å². The average molecular weight is 875 g/mol. The molecule has 0 radical (unpaired) electrons. The van der Waals surface area contributed by atoms with Crippen molar-refractivity contribution in [3.8, 4) is 0 Å². The molecular weight excluding hydrogens is 821 g/mol. The van der Waals surface area contributed by atoms with Gasteiger partial charge in [0.2, 0.25) is 16.0 Å². The van der Waals surface area contributed by atoms with Crippen molar-refractivity contribution in [2.24, 2.45) is 0 Å². The summed E-state index contributed by atoms with van der Waals surface area (Å²) >= 11 is 0. The van der Waals surface area contributed by atoms with Crippen LogP contribution in [-0.2, 0) is 24.2 Å². The SMILES string of the molecule is CCC1OC(n2cnc3c(NCCNCC4OC(n5c(NCCCCNS(=O)(=O)c6cccc7c(N(C)C)cccc67)nc6c(N)ncnc65)C(O)C4O)ncnc32)CC1OC. The number of anilines is 4. The van der Waals surface area contributed by atoms with Crippen molar-refractivity contribution in [1.29, 1.82) is 0 Å². The van der Waals surface area contributed by atoms with Gasteiger partial charge < -0.3 is 51.0 Å². The molecule has 7 atom stereocenters. The third-order valence-corrected chi connectivity index (χ3v) is 12.9. The number of aromatic nitrogens is 8. The van der Waals surface area contributed by atoms with Gasteiger partial charge >= 0.3 is 0 Å². The molecule has 2 fully saturated rings. The van der Waals surface area contributed by atoms with E-state index in [4.69, 9.17) is 19.9 Å². The number of ether oxygens (including phenoxy) is 3. The van der Waals surface area contributed by atoms with Crippen LogP contribution in [0.2, 0.25) is 0 Å². The topological polar surface area (TPSA) is 267 Å². The van der Waals surface area contributed by atoms with E-state index in [1.807, 2.05) is 47.8 Å². The van der Waals surface area contributed by atoms with Gasteiger partial charge in [0.05, 0.1) is 23.4 Å². The minimum atomic E-state index is -3.79. The maximum absolute atomic E-state index is 13.4. The van der Waals surface area contributed by atoms with Gasteiger partial charge in [-0.05, 0) is 31.4 Å². The number of hydrogen-bond acceptors (Lipinski definition) is 18. The minimum absolute atomic E-state index is 0.00189. The van der Waals surface area contributed by atoms with Crippen molar-refractivity contribution in [3.63, 3.8) is 0 Å². The number of rotatable bonds is 19. The largest absolute Gasteiger partial charge is 0.387 e. The number of benzene rings is 2. The van der Waals surface area contributed by atoms with E-state index >= 15 is 0 Å². The maximum atomic E-state index is 13.4. The summed E-state index contributed by atoms with van der Waals surface area (Å²) in [7, 11) is 1.75. The quantitative estimate of drug-likeness (QED) is 0.0574. The van der Waals surface area contributed by atoms with Crippen molar-refractivity contribution < 1.29 is 32.8 Å². The van der Waals surface area contributed by atoms with E-state index in [0.717, 1.165) is 17.5 Å². The van der Waals surface area contributed by atoms with Crippen LogP contribution in [0.4, 0.5) is 23.3 Å². The molecule has 0 aliphatic carbocycles. The van der Waals surface area contributed by atoms with E-state index in [1.165, 1.54) is 12.7 Å². The molecule has 22 heteroatoms. The average Bonchev–Trinajstić information content (AvgIpc) is 4.05. The first kappa shape index (κ1) is 43.3. The molecule has 0 bridgehead atoms. The molecule has 0 amide bonds. The molecule has 62 heavy (non-hydrogen) atoms. The van der Waals surface area contributed by atoms with Crippen molar-refractivity contribution in [1.82, 2.24) is 49.1 Å². The number of aliphatic hydroxyl groups excluding tert-OH is 2. The second kappa shape index (κ2) is 18.6. The van der Waals surface area contributed by atoms with Gasteiger partial charge in [-0.25, -0.2) is 43.0 Å². The number of fused-ring (bicyclic) bond motifs is 3. The molecule has 0 saturated carbocycles. The Morgan fingerprint density at radius 2 is 1.66 bits per heavy atom. The fourth-order valence-electron chi connectivity index (χ4n) is 8.21. The van der Waals surface area contributed by atoms with Gasteiger partial charge in [-0.2, -0.15) is 0 Å². The molecule has 2 saturated heterocycles. The standard InChI is InChI=1S/C40H54N14O7S/c1-5-26-27(59-4)18-30(60-26)53-22-49-32-36(46-21-47-37(32)53)43-17-16-42-19-28-33(55)34(56)39(61-28)54-38-31(35(41)45-20-48-38)51-40(54)44-14-6-7-15-50-62(57,58)29-13-9-10-23-24(29)11-8-12-25(23)52(2)3/h8-13,20-22,26-28,30,33-34,39,42,50,55-56H,5-7,14-19H2,1-4H3,(H,44,51)(H2,41,45,48)(H,43,46,47). The Bertz CT molecular complexity index is 2600. The van der Waals surface area contributed by atoms with Gasteiger partial charge in [0.1, 0.15) is 37.2 Å². The number of nitrogens with zero attached hydrogens (tertiary/aromatic N) is 9. The zero-order chi connectivity index (χ0) is 43.5. The molecule has 2 aliphatic rings. The Labute approximate surface area is 358 Å². The lowest BCUT2D eigenvalue weighted by Gasteiger charge is -2.20. The Balaban J connectivity index is 0.850. The van der Waals surface area contributed by atoms with E-state index in [9.17, 15) is 18.6 Å². The van der Waals surface area contributed by atoms with E-state index in [0.29, 0.717) is 78.4 Å². The molecule has 6 aromatic rings. The molecule has 0 spiro atoms. The summed E-state index contributed by atoms with van der Waals surface area (Å²) in [6.45, 7) is 3.84. The van der Waals surface area contributed by atoms with Crippen molar-refractivity contribution >= 4 is 66.4 Å². The van der Waals surface area contributed by atoms with Gasteiger partial charge in [-0.3, -0.25) is 9.13 Å². The second-order valence-corrected chi connectivity index (χ2v) is 17.3. The number of aliphatic hydroxyl groups is 2. The first-order valence-corrected chi connectivity index (χ1v) is 22.2. The molecule has 6 heterocycles. The molecule has 2 aliphatic heterocycles. The van der Waals surface area contributed by atoms with Gasteiger partial charge in [0.15, 0.2) is 40.2 Å². The number of sulfonamides is 1. The Hall–Kier alpha value is -5.33. The van der Waals surface area contributed by atoms with Gasteiger partial charge in [0, 0.05) is 76.8 Å². The second-order valence-electron chi connectivity index (χ2n) is 15.6. The Kier molecular flexibility index (Phi) is 13.0. The summed E-state index contributed by atoms with van der Waals surface area (Å²) in [5.41, 5.74) is 8.99. The minimum Gasteiger partial charge on any atom is -0.387 e. The highest BCUT2D eigenvalue weighted by atomic mass is 32.2. The summed E-state index contributed by atoms with van der Waals surface area (Å²) in [4.78, 5) is 28.7. The highest BCUT2D eigenvalue weighted by Crippen LogP contribution is 2.36. The highest BCUT2D eigenvalue weighted by Gasteiger charge is 2.45. The van der Waals surface area contributed by atoms with Crippen LogP contribution < -0.4 is 31.3 Å². The molecule has 8 N–H and O–H groups in total. The molecule has 4 aromatic heterocycles. The van der Waals surface area contributed by atoms with Crippen LogP contribution in [0.3, 0.4) is 0 Å². The third kappa shape index (κ3) is 8.56.